The molecule has 4 fully saturated rings. The van der Waals surface area contributed by atoms with Crippen molar-refractivity contribution in [2.75, 3.05) is 75.2 Å². The van der Waals surface area contributed by atoms with Crippen molar-refractivity contribution in [2.24, 2.45) is 0 Å². The summed E-state index contributed by atoms with van der Waals surface area (Å²) in [4.78, 5) is 33.4. The zero-order chi connectivity index (χ0) is 24.7. The van der Waals surface area contributed by atoms with Crippen LogP contribution in [-0.4, -0.2) is 99.1 Å². The van der Waals surface area contributed by atoms with Crippen molar-refractivity contribution in [3.8, 4) is 0 Å². The van der Waals surface area contributed by atoms with Crippen LogP contribution in [0.5, 0.6) is 0 Å². The molecule has 0 unspecified atom stereocenters. The van der Waals surface area contributed by atoms with E-state index in [1.54, 1.807) is 0 Å². The van der Waals surface area contributed by atoms with Gasteiger partial charge in [-0.3, -0.25) is 19.4 Å². The molecule has 2 amide bonds. The fourth-order valence-electron chi connectivity index (χ4n) is 5.72. The lowest BCUT2D eigenvalue weighted by Crippen LogP contribution is -2.51. The Balaban J connectivity index is 0.000000148. The van der Waals surface area contributed by atoms with Crippen LogP contribution in [0.1, 0.15) is 12.8 Å². The molecule has 6 rings (SSSR count). The summed E-state index contributed by atoms with van der Waals surface area (Å²) in [5, 5.41) is 6.66. The first kappa shape index (κ1) is 24.9. The van der Waals surface area contributed by atoms with E-state index in [1.165, 1.54) is 0 Å². The number of carbonyl (C=O) groups is 2. The summed E-state index contributed by atoms with van der Waals surface area (Å²) in [6.07, 6.45) is 1.90. The van der Waals surface area contributed by atoms with Gasteiger partial charge < -0.3 is 20.4 Å². The van der Waals surface area contributed by atoms with Crippen LogP contribution < -0.4 is 20.4 Å². The zero-order valence-corrected chi connectivity index (χ0v) is 21.0. The summed E-state index contributed by atoms with van der Waals surface area (Å²) < 4.78 is 0. The summed E-state index contributed by atoms with van der Waals surface area (Å²) >= 11 is 0. The van der Waals surface area contributed by atoms with E-state index in [0.29, 0.717) is 0 Å². The molecule has 4 aliphatic heterocycles. The maximum atomic E-state index is 12.5. The van der Waals surface area contributed by atoms with Gasteiger partial charge in [-0.25, -0.2) is 0 Å². The standard InChI is InChI=1S/2C14H19N3O/c2*18-14-13(16-10-7-15-8-11-16)6-9-17(14)12-4-2-1-3-5-12/h2*1-5,13,15H,6-11H2/t2*13-/m10/s1. The Morgan fingerprint density at radius 1 is 0.528 bits per heavy atom. The van der Waals surface area contributed by atoms with E-state index in [0.717, 1.165) is 89.7 Å². The second kappa shape index (κ2) is 12.0. The lowest BCUT2D eigenvalue weighted by molar-refractivity contribution is -0.122. The third-order valence-corrected chi connectivity index (χ3v) is 7.67. The summed E-state index contributed by atoms with van der Waals surface area (Å²) in [5.74, 6) is 0.534. The molecule has 36 heavy (non-hydrogen) atoms. The maximum Gasteiger partial charge on any atom is 0.244 e. The molecule has 4 heterocycles. The van der Waals surface area contributed by atoms with Crippen LogP contribution in [0.2, 0.25) is 0 Å². The van der Waals surface area contributed by atoms with Gasteiger partial charge in [-0.05, 0) is 37.1 Å². The molecule has 4 saturated heterocycles. The number of benzene rings is 2. The first-order valence-corrected chi connectivity index (χ1v) is 13.3. The Bertz CT molecular complexity index is 910. The number of anilines is 2. The Morgan fingerprint density at radius 2 is 0.889 bits per heavy atom. The van der Waals surface area contributed by atoms with Gasteiger partial charge in [0.1, 0.15) is 0 Å². The van der Waals surface area contributed by atoms with Crippen LogP contribution in [0.15, 0.2) is 60.7 Å². The van der Waals surface area contributed by atoms with Gasteiger partial charge in [0.05, 0.1) is 12.1 Å². The molecule has 2 aromatic rings. The number of nitrogens with zero attached hydrogens (tertiary/aromatic N) is 4. The first-order valence-electron chi connectivity index (χ1n) is 13.3. The second-order valence-corrected chi connectivity index (χ2v) is 9.83. The molecule has 8 nitrogen and oxygen atoms in total. The molecule has 0 radical (unpaired) electrons. The van der Waals surface area contributed by atoms with Crippen molar-refractivity contribution in [1.29, 1.82) is 0 Å². The number of hydrogen-bond acceptors (Lipinski definition) is 6. The highest BCUT2D eigenvalue weighted by atomic mass is 16.2. The highest BCUT2D eigenvalue weighted by molar-refractivity contribution is 6.00. The van der Waals surface area contributed by atoms with Gasteiger partial charge in [-0.15, -0.1) is 0 Å². The van der Waals surface area contributed by atoms with Crippen LogP contribution >= 0.6 is 0 Å². The van der Waals surface area contributed by atoms with Gasteiger partial charge in [-0.1, -0.05) is 36.4 Å². The molecule has 2 atom stereocenters. The summed E-state index contributed by atoms with van der Waals surface area (Å²) in [6, 6.07) is 20.1. The average Bonchev–Trinajstić information content (AvgIpc) is 3.53. The van der Waals surface area contributed by atoms with Crippen molar-refractivity contribution >= 4 is 23.2 Å². The minimum absolute atomic E-state index is 0.0901. The number of piperazine rings is 2. The summed E-state index contributed by atoms with van der Waals surface area (Å²) in [7, 11) is 0. The van der Waals surface area contributed by atoms with Crippen LogP contribution in [-0.2, 0) is 9.59 Å². The second-order valence-electron chi connectivity index (χ2n) is 9.83. The van der Waals surface area contributed by atoms with Crippen LogP contribution in [0.4, 0.5) is 11.4 Å². The monoisotopic (exact) mass is 490 g/mol. The van der Waals surface area contributed by atoms with Crippen molar-refractivity contribution in [2.45, 2.75) is 24.9 Å². The van der Waals surface area contributed by atoms with E-state index in [4.69, 9.17) is 0 Å². The van der Waals surface area contributed by atoms with Crippen LogP contribution in [0.25, 0.3) is 0 Å². The zero-order valence-electron chi connectivity index (χ0n) is 21.0. The van der Waals surface area contributed by atoms with E-state index in [9.17, 15) is 9.59 Å². The molecule has 0 aromatic heterocycles. The molecule has 8 heteroatoms. The summed E-state index contributed by atoms with van der Waals surface area (Å²) in [5.41, 5.74) is 2.06. The van der Waals surface area contributed by atoms with Gasteiger partial charge in [0.15, 0.2) is 0 Å². The van der Waals surface area contributed by atoms with E-state index in [2.05, 4.69) is 20.4 Å². The minimum atomic E-state index is 0.0901. The van der Waals surface area contributed by atoms with Crippen LogP contribution in [0, 0.1) is 0 Å². The highest BCUT2D eigenvalue weighted by Crippen LogP contribution is 2.25. The highest BCUT2D eigenvalue weighted by Gasteiger charge is 2.37. The van der Waals surface area contributed by atoms with Gasteiger partial charge in [0, 0.05) is 76.8 Å². The van der Waals surface area contributed by atoms with Crippen molar-refractivity contribution in [1.82, 2.24) is 20.4 Å². The quantitative estimate of drug-likeness (QED) is 0.675. The van der Waals surface area contributed by atoms with Crippen molar-refractivity contribution in [3.63, 3.8) is 0 Å². The molecular formula is C28H38N6O2. The van der Waals surface area contributed by atoms with Gasteiger partial charge in [0.25, 0.3) is 0 Å². The molecule has 0 spiro atoms. The SMILES string of the molecule is O=C1[C@@H](N2CCNCC2)CCN1c1ccccc1.O=C1[C@H](N2CCNCC2)CCN1c1ccccc1. The maximum absolute atomic E-state index is 12.5. The molecular weight excluding hydrogens is 452 g/mol. The van der Waals surface area contributed by atoms with Gasteiger partial charge >= 0.3 is 0 Å². The smallest absolute Gasteiger partial charge is 0.244 e. The topological polar surface area (TPSA) is 71.2 Å². The number of rotatable bonds is 4. The Morgan fingerprint density at radius 3 is 1.25 bits per heavy atom. The Hall–Kier alpha value is -2.78. The molecule has 192 valence electrons. The van der Waals surface area contributed by atoms with Crippen LogP contribution in [0.3, 0.4) is 0 Å². The molecule has 0 saturated carbocycles. The summed E-state index contributed by atoms with van der Waals surface area (Å²) in [6.45, 7) is 9.61. The lowest BCUT2D eigenvalue weighted by atomic mass is 10.2. The molecule has 0 bridgehead atoms. The van der Waals surface area contributed by atoms with E-state index >= 15 is 0 Å². The first-order chi connectivity index (χ1) is 17.7. The third-order valence-electron chi connectivity index (χ3n) is 7.67. The Kier molecular flexibility index (Phi) is 8.28. The minimum Gasteiger partial charge on any atom is -0.314 e. The number of nitrogens with one attached hydrogen (secondary N) is 2. The number of carbonyl (C=O) groups excluding carboxylic acids is 2. The van der Waals surface area contributed by atoms with Gasteiger partial charge in [0.2, 0.25) is 11.8 Å². The third kappa shape index (κ3) is 5.62. The molecule has 2 N–H and O–H groups in total. The predicted molar refractivity (Wildman–Crippen MR) is 143 cm³/mol. The predicted octanol–water partition coefficient (Wildman–Crippen LogP) is 1.39. The number of para-hydroxylation sites is 2. The lowest BCUT2D eigenvalue weighted by Gasteiger charge is -2.31. The normalized spacial score (nSPS) is 25.7. The largest absolute Gasteiger partial charge is 0.314 e. The fourth-order valence-corrected chi connectivity index (χ4v) is 5.72. The van der Waals surface area contributed by atoms with E-state index in [1.807, 2.05) is 70.5 Å². The van der Waals surface area contributed by atoms with E-state index < -0.39 is 0 Å². The Labute approximate surface area is 214 Å². The van der Waals surface area contributed by atoms with Crippen molar-refractivity contribution < 1.29 is 9.59 Å². The molecule has 0 aliphatic carbocycles. The average molecular weight is 491 g/mol. The molecule has 4 aliphatic rings. The number of hydrogen-bond donors (Lipinski definition) is 2. The van der Waals surface area contributed by atoms with E-state index in [-0.39, 0.29) is 23.9 Å². The number of amides is 2. The van der Waals surface area contributed by atoms with Crippen molar-refractivity contribution in [3.05, 3.63) is 60.7 Å². The fraction of sp³-hybridized carbons (Fsp3) is 0.500. The van der Waals surface area contributed by atoms with Gasteiger partial charge in [-0.2, -0.15) is 0 Å². The molecule has 2 aromatic carbocycles.